The van der Waals surface area contributed by atoms with Gasteiger partial charge >= 0.3 is 0 Å². The molecular formula is C33H35N. The molecule has 6 rings (SSSR count). The summed E-state index contributed by atoms with van der Waals surface area (Å²) in [6.45, 7) is 9.93. The molecule has 0 saturated heterocycles. The highest BCUT2D eigenvalue weighted by molar-refractivity contribution is 6.07. The van der Waals surface area contributed by atoms with Crippen LogP contribution in [-0.2, 0) is 7.05 Å². The summed E-state index contributed by atoms with van der Waals surface area (Å²) < 4.78 is 2.24. The summed E-state index contributed by atoms with van der Waals surface area (Å²) >= 11 is 0. The Balaban J connectivity index is 0.000000132. The Bertz CT molecular complexity index is 1350. The lowest BCUT2D eigenvalue weighted by molar-refractivity contribution is 0.930. The fourth-order valence-corrected chi connectivity index (χ4v) is 5.10. The molecule has 0 bridgehead atoms. The molecule has 1 atom stereocenters. The van der Waals surface area contributed by atoms with Gasteiger partial charge < -0.3 is 4.57 Å². The van der Waals surface area contributed by atoms with E-state index in [1.54, 1.807) is 11.1 Å². The van der Waals surface area contributed by atoms with E-state index in [0.717, 1.165) is 5.57 Å². The number of para-hydroxylation sites is 2. The molecule has 1 heteroatoms. The normalized spacial score (nSPS) is 16.1. The van der Waals surface area contributed by atoms with E-state index in [4.69, 9.17) is 0 Å². The Labute approximate surface area is 204 Å². The minimum absolute atomic E-state index is 0.609. The maximum absolute atomic E-state index is 3.66. The van der Waals surface area contributed by atoms with Gasteiger partial charge in [-0.25, -0.2) is 0 Å². The Morgan fingerprint density at radius 3 is 2.09 bits per heavy atom. The molecule has 0 N–H and O–H groups in total. The SMILES string of the molecule is C=C(C)/C=C\C.CC1C2=C(CCC=C2)c2ccccc21.Cn1c2ccccc2c2ccccc21. The molecule has 1 nitrogen and oxygen atoms in total. The standard InChI is InChI=1S/C14H14.C13H11N.C6H10/c1-10-11-6-2-4-8-13(11)14-9-5-3-7-12(10)14;1-14-12-8-4-2-6-10(12)11-7-3-5-9-13(11)14;1-4-5-6(2)3/h2-4,6-8,10H,5,9H2,1H3;2-9H,1H3;4-5H,2H2,1,3H3/b;;5-4-. The monoisotopic (exact) mass is 445 g/mol. The fourth-order valence-electron chi connectivity index (χ4n) is 5.10. The molecule has 2 aliphatic carbocycles. The van der Waals surface area contributed by atoms with Gasteiger partial charge in [-0.05, 0) is 61.1 Å². The van der Waals surface area contributed by atoms with Crippen molar-refractivity contribution in [2.24, 2.45) is 7.05 Å². The van der Waals surface area contributed by atoms with Crippen molar-refractivity contribution in [3.05, 3.63) is 126 Å². The van der Waals surface area contributed by atoms with E-state index < -0.39 is 0 Å². The number of rotatable bonds is 1. The third-order valence-electron chi connectivity index (χ3n) is 6.70. The molecule has 0 aliphatic heterocycles. The summed E-state index contributed by atoms with van der Waals surface area (Å²) in [6.07, 6.45) is 11.0. The van der Waals surface area contributed by atoms with Crippen LogP contribution in [0.3, 0.4) is 0 Å². The van der Waals surface area contributed by atoms with Gasteiger partial charge in [0.2, 0.25) is 0 Å². The molecule has 0 amide bonds. The number of aryl methyl sites for hydroxylation is 1. The number of hydrogen-bond donors (Lipinski definition) is 0. The Morgan fingerprint density at radius 1 is 0.912 bits per heavy atom. The van der Waals surface area contributed by atoms with Gasteiger partial charge in [-0.2, -0.15) is 0 Å². The second kappa shape index (κ2) is 10.6. The van der Waals surface area contributed by atoms with Crippen molar-refractivity contribution in [2.45, 2.75) is 39.5 Å². The number of allylic oxidation sites excluding steroid dienone is 7. The summed E-state index contributed by atoms with van der Waals surface area (Å²) in [6, 6.07) is 25.9. The molecule has 0 radical (unpaired) electrons. The molecule has 1 aromatic heterocycles. The highest BCUT2D eigenvalue weighted by Gasteiger charge is 2.26. The van der Waals surface area contributed by atoms with Crippen molar-refractivity contribution in [1.29, 1.82) is 0 Å². The Kier molecular flexibility index (Phi) is 7.33. The van der Waals surface area contributed by atoms with Gasteiger partial charge in [0.25, 0.3) is 0 Å². The second-order valence-electron chi connectivity index (χ2n) is 9.12. The summed E-state index contributed by atoms with van der Waals surface area (Å²) in [7, 11) is 2.12. The number of fused-ring (bicyclic) bond motifs is 5. The molecule has 0 saturated carbocycles. The molecule has 2 aliphatic rings. The molecular weight excluding hydrogens is 410 g/mol. The van der Waals surface area contributed by atoms with E-state index >= 15 is 0 Å². The van der Waals surface area contributed by atoms with Crippen LogP contribution in [-0.4, -0.2) is 4.57 Å². The number of hydrogen-bond acceptors (Lipinski definition) is 0. The largest absolute Gasteiger partial charge is 0.344 e. The molecule has 1 unspecified atom stereocenters. The van der Waals surface area contributed by atoms with Crippen LogP contribution in [0, 0.1) is 0 Å². The third-order valence-corrected chi connectivity index (χ3v) is 6.70. The van der Waals surface area contributed by atoms with Gasteiger partial charge in [-0.15, -0.1) is 0 Å². The summed E-state index contributed by atoms with van der Waals surface area (Å²) in [4.78, 5) is 0. The predicted molar refractivity (Wildman–Crippen MR) is 150 cm³/mol. The molecule has 0 fully saturated rings. The first kappa shape index (κ1) is 23.6. The first-order valence-electron chi connectivity index (χ1n) is 12.2. The van der Waals surface area contributed by atoms with Gasteiger partial charge in [0.05, 0.1) is 0 Å². The number of benzene rings is 3. The summed E-state index contributed by atoms with van der Waals surface area (Å²) in [5.74, 6) is 0.609. The molecule has 1 heterocycles. The molecule has 4 aromatic rings. The molecule has 172 valence electrons. The lowest BCUT2D eigenvalue weighted by Gasteiger charge is -2.10. The van der Waals surface area contributed by atoms with Gasteiger partial charge in [-0.1, -0.05) is 104 Å². The zero-order chi connectivity index (χ0) is 24.1. The van der Waals surface area contributed by atoms with Crippen LogP contribution in [0.4, 0.5) is 0 Å². The van der Waals surface area contributed by atoms with Crippen molar-refractivity contribution in [1.82, 2.24) is 4.57 Å². The van der Waals surface area contributed by atoms with Crippen molar-refractivity contribution >= 4 is 27.4 Å². The zero-order valence-corrected chi connectivity index (χ0v) is 20.9. The van der Waals surface area contributed by atoms with Gasteiger partial charge in [-0.3, -0.25) is 0 Å². The predicted octanol–water partition coefficient (Wildman–Crippen LogP) is 9.38. The van der Waals surface area contributed by atoms with Crippen LogP contribution in [0.15, 0.2) is 115 Å². The smallest absolute Gasteiger partial charge is 0.0488 e. The second-order valence-corrected chi connectivity index (χ2v) is 9.12. The number of aromatic nitrogens is 1. The highest BCUT2D eigenvalue weighted by Crippen LogP contribution is 2.45. The first-order chi connectivity index (χ1) is 16.5. The van der Waals surface area contributed by atoms with Crippen molar-refractivity contribution < 1.29 is 0 Å². The van der Waals surface area contributed by atoms with Gasteiger partial charge in [0, 0.05) is 34.8 Å². The van der Waals surface area contributed by atoms with Crippen molar-refractivity contribution in [3.8, 4) is 0 Å². The van der Waals surface area contributed by atoms with E-state index in [1.165, 1.54) is 45.8 Å². The van der Waals surface area contributed by atoms with E-state index in [-0.39, 0.29) is 0 Å². The lowest BCUT2D eigenvalue weighted by atomic mass is 9.94. The van der Waals surface area contributed by atoms with E-state index in [2.05, 4.69) is 110 Å². The van der Waals surface area contributed by atoms with E-state index in [1.807, 2.05) is 26.0 Å². The maximum Gasteiger partial charge on any atom is 0.0488 e. The van der Waals surface area contributed by atoms with Crippen molar-refractivity contribution in [3.63, 3.8) is 0 Å². The maximum atomic E-state index is 3.66. The Morgan fingerprint density at radius 2 is 1.50 bits per heavy atom. The summed E-state index contributed by atoms with van der Waals surface area (Å²) in [5.41, 5.74) is 9.87. The summed E-state index contributed by atoms with van der Waals surface area (Å²) in [5, 5.41) is 2.68. The molecule has 34 heavy (non-hydrogen) atoms. The highest BCUT2D eigenvalue weighted by atomic mass is 14.9. The Hall–Kier alpha value is -3.58. The third kappa shape index (κ3) is 4.70. The first-order valence-corrected chi connectivity index (χ1v) is 12.2. The van der Waals surface area contributed by atoms with Crippen LogP contribution in [0.5, 0.6) is 0 Å². The van der Waals surface area contributed by atoms with Crippen LogP contribution < -0.4 is 0 Å². The van der Waals surface area contributed by atoms with Crippen LogP contribution >= 0.6 is 0 Å². The van der Waals surface area contributed by atoms with E-state index in [0.29, 0.717) is 5.92 Å². The zero-order valence-electron chi connectivity index (χ0n) is 20.9. The van der Waals surface area contributed by atoms with Gasteiger partial charge in [0.1, 0.15) is 0 Å². The van der Waals surface area contributed by atoms with Crippen LogP contribution in [0.25, 0.3) is 27.4 Å². The fraction of sp³-hybridized carbons (Fsp3) is 0.212. The molecule has 3 aromatic carbocycles. The minimum atomic E-state index is 0.609. The average Bonchev–Trinajstić information content (AvgIpc) is 3.33. The topological polar surface area (TPSA) is 4.93 Å². The number of nitrogens with zero attached hydrogens (tertiary/aromatic N) is 1. The quantitative estimate of drug-likeness (QED) is 0.257. The van der Waals surface area contributed by atoms with E-state index in [9.17, 15) is 0 Å². The average molecular weight is 446 g/mol. The lowest BCUT2D eigenvalue weighted by Crippen LogP contribution is -1.91. The van der Waals surface area contributed by atoms with Crippen LogP contribution in [0.1, 0.15) is 50.7 Å². The van der Waals surface area contributed by atoms with Crippen molar-refractivity contribution in [2.75, 3.05) is 0 Å². The van der Waals surface area contributed by atoms with Crippen LogP contribution in [0.2, 0.25) is 0 Å². The minimum Gasteiger partial charge on any atom is -0.344 e. The van der Waals surface area contributed by atoms with Gasteiger partial charge in [0.15, 0.2) is 0 Å². The molecule has 0 spiro atoms.